The summed E-state index contributed by atoms with van der Waals surface area (Å²) in [4.78, 5) is 12.3. The van der Waals surface area contributed by atoms with Gasteiger partial charge in [-0.15, -0.1) is 0 Å². The number of rotatable bonds is 4. The number of nitrogens with two attached hydrogens (primary N) is 1. The minimum Gasteiger partial charge on any atom is -0.465 e. The second-order valence-corrected chi connectivity index (χ2v) is 4.97. The molecule has 0 saturated heterocycles. The van der Waals surface area contributed by atoms with Gasteiger partial charge in [-0.1, -0.05) is 18.0 Å². The van der Waals surface area contributed by atoms with Gasteiger partial charge in [-0.25, -0.2) is 0 Å². The van der Waals surface area contributed by atoms with Crippen LogP contribution < -0.4 is 11.1 Å². The normalized spacial score (nSPS) is 18.5. The maximum absolute atomic E-state index is 12.3. The van der Waals surface area contributed by atoms with Crippen LogP contribution in [0.4, 0.5) is 0 Å². The summed E-state index contributed by atoms with van der Waals surface area (Å²) < 4.78 is 5.39. The van der Waals surface area contributed by atoms with Gasteiger partial charge in [0.25, 0.3) is 0 Å². The van der Waals surface area contributed by atoms with E-state index in [4.69, 9.17) is 15.4 Å². The van der Waals surface area contributed by atoms with Crippen molar-refractivity contribution in [2.75, 3.05) is 0 Å². The predicted octanol–water partition coefficient (Wildman–Crippen LogP) is 1.51. The quantitative estimate of drug-likeness (QED) is 0.332. The van der Waals surface area contributed by atoms with Crippen molar-refractivity contribution in [2.24, 2.45) is 16.3 Å². The van der Waals surface area contributed by atoms with Crippen LogP contribution in [0.3, 0.4) is 0 Å². The summed E-state index contributed by atoms with van der Waals surface area (Å²) in [6, 6.07) is 3.66. The summed E-state index contributed by atoms with van der Waals surface area (Å²) in [6.07, 6.45) is 3.05. The summed E-state index contributed by atoms with van der Waals surface area (Å²) in [5.74, 6) is 1.29. The van der Waals surface area contributed by atoms with Crippen molar-refractivity contribution in [1.82, 2.24) is 5.32 Å². The van der Waals surface area contributed by atoms with Gasteiger partial charge in [-0.05, 0) is 31.9 Å². The first-order chi connectivity index (χ1) is 9.08. The van der Waals surface area contributed by atoms with Gasteiger partial charge in [0.15, 0.2) is 5.84 Å². The van der Waals surface area contributed by atoms with Crippen molar-refractivity contribution < 1.29 is 14.4 Å². The van der Waals surface area contributed by atoms with Gasteiger partial charge < -0.3 is 20.7 Å². The minimum absolute atomic E-state index is 0.00174. The molecule has 0 radical (unpaired) electrons. The van der Waals surface area contributed by atoms with Crippen molar-refractivity contribution in [3.05, 3.63) is 23.7 Å². The molecule has 1 aromatic heterocycles. The van der Waals surface area contributed by atoms with Crippen LogP contribution in [0, 0.1) is 12.3 Å². The van der Waals surface area contributed by atoms with Gasteiger partial charge in [0, 0.05) is 0 Å². The maximum atomic E-state index is 12.3. The molecule has 2 rings (SSSR count). The molecule has 1 saturated carbocycles. The van der Waals surface area contributed by atoms with Crippen LogP contribution in [-0.2, 0) is 11.3 Å². The Bertz CT molecular complexity index is 487. The topological polar surface area (TPSA) is 101 Å². The fourth-order valence-corrected chi connectivity index (χ4v) is 2.59. The molecular weight excluding hydrogens is 246 g/mol. The Hall–Kier alpha value is -1.98. The highest BCUT2D eigenvalue weighted by Crippen LogP contribution is 2.38. The summed E-state index contributed by atoms with van der Waals surface area (Å²) >= 11 is 0. The minimum atomic E-state index is -0.865. The Kier molecular flexibility index (Phi) is 3.78. The lowest BCUT2D eigenvalue weighted by atomic mass is 9.84. The Morgan fingerprint density at radius 3 is 2.74 bits per heavy atom. The zero-order chi connectivity index (χ0) is 13.9. The van der Waals surface area contributed by atoms with E-state index in [0.29, 0.717) is 25.1 Å². The smallest absolute Gasteiger partial charge is 0.234 e. The van der Waals surface area contributed by atoms with Crippen LogP contribution in [0.15, 0.2) is 21.7 Å². The predicted molar refractivity (Wildman–Crippen MR) is 69.6 cm³/mol. The number of oxime groups is 1. The van der Waals surface area contributed by atoms with E-state index < -0.39 is 5.41 Å². The van der Waals surface area contributed by atoms with E-state index >= 15 is 0 Å². The van der Waals surface area contributed by atoms with Crippen molar-refractivity contribution in [3.8, 4) is 0 Å². The van der Waals surface area contributed by atoms with Crippen molar-refractivity contribution in [3.63, 3.8) is 0 Å². The van der Waals surface area contributed by atoms with Crippen LogP contribution in [0.2, 0.25) is 0 Å². The molecule has 4 N–H and O–H groups in total. The number of nitrogens with zero attached hydrogens (tertiary/aromatic N) is 1. The summed E-state index contributed by atoms with van der Waals surface area (Å²) in [5.41, 5.74) is 4.84. The molecular formula is C13H19N3O3. The van der Waals surface area contributed by atoms with Crippen molar-refractivity contribution in [1.29, 1.82) is 0 Å². The Morgan fingerprint density at radius 2 is 2.21 bits per heavy atom. The van der Waals surface area contributed by atoms with Gasteiger partial charge in [0.1, 0.15) is 16.9 Å². The zero-order valence-corrected chi connectivity index (χ0v) is 11.0. The monoisotopic (exact) mass is 265 g/mol. The molecule has 1 fully saturated rings. The van der Waals surface area contributed by atoms with Crippen LogP contribution >= 0.6 is 0 Å². The number of aryl methyl sites for hydroxylation is 1. The van der Waals surface area contributed by atoms with E-state index in [0.717, 1.165) is 18.6 Å². The molecule has 104 valence electrons. The van der Waals surface area contributed by atoms with E-state index in [1.807, 2.05) is 19.1 Å². The molecule has 1 amide bonds. The van der Waals surface area contributed by atoms with E-state index in [-0.39, 0.29) is 11.7 Å². The van der Waals surface area contributed by atoms with Crippen molar-refractivity contribution in [2.45, 2.75) is 39.2 Å². The molecule has 0 atom stereocenters. The molecule has 6 heteroatoms. The Balaban J connectivity index is 2.04. The molecule has 1 aliphatic rings. The number of amidine groups is 1. The lowest BCUT2D eigenvalue weighted by Gasteiger charge is -2.25. The van der Waals surface area contributed by atoms with Gasteiger partial charge in [0.2, 0.25) is 5.91 Å². The van der Waals surface area contributed by atoms with E-state index in [9.17, 15) is 4.79 Å². The lowest BCUT2D eigenvalue weighted by Crippen LogP contribution is -2.48. The Morgan fingerprint density at radius 1 is 1.53 bits per heavy atom. The van der Waals surface area contributed by atoms with Gasteiger partial charge >= 0.3 is 0 Å². The second kappa shape index (κ2) is 5.34. The standard InChI is InChI=1S/C13H19N3O3/c1-9-4-5-10(19-9)8-15-12(17)13(11(14)16-18)6-2-3-7-13/h4-5,18H,2-3,6-8H2,1H3,(H2,14,16)(H,15,17). The number of hydrogen-bond acceptors (Lipinski definition) is 4. The van der Waals surface area contributed by atoms with Crippen LogP contribution in [0.5, 0.6) is 0 Å². The first kappa shape index (κ1) is 13.5. The summed E-state index contributed by atoms with van der Waals surface area (Å²) in [5, 5.41) is 14.7. The fourth-order valence-electron chi connectivity index (χ4n) is 2.59. The maximum Gasteiger partial charge on any atom is 0.234 e. The highest BCUT2D eigenvalue weighted by Gasteiger charge is 2.45. The third kappa shape index (κ3) is 2.57. The Labute approximate surface area is 111 Å². The highest BCUT2D eigenvalue weighted by molar-refractivity contribution is 6.06. The van der Waals surface area contributed by atoms with E-state index in [1.54, 1.807) is 0 Å². The first-order valence-corrected chi connectivity index (χ1v) is 6.40. The molecule has 0 aliphatic heterocycles. The number of furan rings is 1. The van der Waals surface area contributed by atoms with Crippen LogP contribution in [-0.4, -0.2) is 17.0 Å². The number of nitrogens with one attached hydrogen (secondary N) is 1. The molecule has 0 bridgehead atoms. The fraction of sp³-hybridized carbons (Fsp3) is 0.538. The van der Waals surface area contributed by atoms with E-state index in [2.05, 4.69) is 10.5 Å². The van der Waals surface area contributed by atoms with Crippen molar-refractivity contribution >= 4 is 11.7 Å². The average molecular weight is 265 g/mol. The van der Waals surface area contributed by atoms with Crippen LogP contribution in [0.1, 0.15) is 37.2 Å². The third-order valence-electron chi connectivity index (χ3n) is 3.71. The number of hydrogen-bond donors (Lipinski definition) is 3. The zero-order valence-electron chi connectivity index (χ0n) is 11.0. The van der Waals surface area contributed by atoms with E-state index in [1.165, 1.54) is 0 Å². The average Bonchev–Trinajstić information content (AvgIpc) is 3.04. The first-order valence-electron chi connectivity index (χ1n) is 6.40. The molecule has 0 unspecified atom stereocenters. The number of carbonyl (C=O) groups is 1. The van der Waals surface area contributed by atoms with Gasteiger partial charge in [-0.3, -0.25) is 4.79 Å². The second-order valence-electron chi connectivity index (χ2n) is 4.97. The van der Waals surface area contributed by atoms with Gasteiger partial charge in [0.05, 0.1) is 6.54 Å². The lowest BCUT2D eigenvalue weighted by molar-refractivity contribution is -0.127. The number of amides is 1. The summed E-state index contributed by atoms with van der Waals surface area (Å²) in [6.45, 7) is 2.16. The molecule has 0 aromatic carbocycles. The molecule has 1 aliphatic carbocycles. The molecule has 1 heterocycles. The molecule has 0 spiro atoms. The van der Waals surface area contributed by atoms with Crippen LogP contribution in [0.25, 0.3) is 0 Å². The molecule has 1 aromatic rings. The molecule has 6 nitrogen and oxygen atoms in total. The number of carbonyl (C=O) groups excluding carboxylic acids is 1. The molecule has 19 heavy (non-hydrogen) atoms. The summed E-state index contributed by atoms with van der Waals surface area (Å²) in [7, 11) is 0. The largest absolute Gasteiger partial charge is 0.465 e. The highest BCUT2D eigenvalue weighted by atomic mass is 16.4. The SMILES string of the molecule is Cc1ccc(CNC(=O)C2(C(N)=NO)CCCC2)o1. The van der Waals surface area contributed by atoms with Gasteiger partial charge in [-0.2, -0.15) is 0 Å². The third-order valence-corrected chi connectivity index (χ3v) is 3.71.